The van der Waals surface area contributed by atoms with Crippen molar-refractivity contribution >= 4 is 23.3 Å². The Hall–Kier alpha value is -3.55. The minimum atomic E-state index is -0.452. The zero-order valence-electron chi connectivity index (χ0n) is 18.9. The average molecular weight is 433 g/mol. The van der Waals surface area contributed by atoms with Gasteiger partial charge in [0.05, 0.1) is 11.6 Å². The first-order valence-corrected chi connectivity index (χ1v) is 10.8. The predicted molar refractivity (Wildman–Crippen MR) is 123 cm³/mol. The molecule has 0 spiro atoms. The van der Waals surface area contributed by atoms with Crippen molar-refractivity contribution in [3.05, 3.63) is 60.0 Å². The molecule has 3 heterocycles. The SMILES string of the molecule is CCc1ccc(N2CC(C(=O)Nc3cc(C(C)(C)C)nn3-c3ncccn3)CC2=O)cc1. The van der Waals surface area contributed by atoms with Crippen molar-refractivity contribution in [2.45, 2.75) is 46.0 Å². The number of carbonyl (C=O) groups is 2. The minimum absolute atomic E-state index is 0.0512. The van der Waals surface area contributed by atoms with Crippen LogP contribution in [0.2, 0.25) is 0 Å². The van der Waals surface area contributed by atoms with Gasteiger partial charge in [0.2, 0.25) is 11.8 Å². The molecule has 1 aliphatic heterocycles. The van der Waals surface area contributed by atoms with Crippen LogP contribution < -0.4 is 10.2 Å². The molecule has 1 atom stereocenters. The summed E-state index contributed by atoms with van der Waals surface area (Å²) < 4.78 is 1.54. The van der Waals surface area contributed by atoms with Crippen molar-refractivity contribution in [2.24, 2.45) is 5.92 Å². The van der Waals surface area contributed by atoms with Crippen molar-refractivity contribution in [1.82, 2.24) is 19.7 Å². The number of nitrogens with zero attached hydrogens (tertiary/aromatic N) is 5. The van der Waals surface area contributed by atoms with Crippen molar-refractivity contribution in [3.63, 3.8) is 0 Å². The Morgan fingerprint density at radius 2 is 1.84 bits per heavy atom. The summed E-state index contributed by atoms with van der Waals surface area (Å²) in [6.45, 7) is 8.59. The van der Waals surface area contributed by atoms with Crippen LogP contribution in [0.1, 0.15) is 45.4 Å². The summed E-state index contributed by atoms with van der Waals surface area (Å²) in [5.74, 6) is 0.141. The van der Waals surface area contributed by atoms with Crippen LogP contribution in [0.15, 0.2) is 48.8 Å². The number of amides is 2. The van der Waals surface area contributed by atoms with E-state index in [-0.39, 0.29) is 23.7 Å². The lowest BCUT2D eigenvalue weighted by Crippen LogP contribution is -2.28. The van der Waals surface area contributed by atoms with Crippen LogP contribution in [0.4, 0.5) is 11.5 Å². The zero-order valence-corrected chi connectivity index (χ0v) is 18.9. The summed E-state index contributed by atoms with van der Waals surface area (Å²) in [4.78, 5) is 35.9. The van der Waals surface area contributed by atoms with E-state index in [1.54, 1.807) is 23.4 Å². The molecule has 8 heteroatoms. The van der Waals surface area contributed by atoms with Gasteiger partial charge in [-0.2, -0.15) is 9.78 Å². The molecule has 0 aliphatic carbocycles. The predicted octanol–water partition coefficient (Wildman–Crippen LogP) is 3.51. The quantitative estimate of drug-likeness (QED) is 0.666. The molecule has 1 fully saturated rings. The lowest BCUT2D eigenvalue weighted by atomic mass is 9.92. The molecule has 32 heavy (non-hydrogen) atoms. The van der Waals surface area contributed by atoms with E-state index < -0.39 is 5.92 Å². The largest absolute Gasteiger partial charge is 0.312 e. The molecule has 166 valence electrons. The van der Waals surface area contributed by atoms with Crippen LogP contribution in [0.5, 0.6) is 0 Å². The van der Waals surface area contributed by atoms with Gasteiger partial charge in [0, 0.05) is 42.5 Å². The van der Waals surface area contributed by atoms with Gasteiger partial charge in [-0.05, 0) is 30.2 Å². The summed E-state index contributed by atoms with van der Waals surface area (Å²) in [5, 5.41) is 7.58. The molecule has 0 radical (unpaired) electrons. The summed E-state index contributed by atoms with van der Waals surface area (Å²) in [7, 11) is 0. The van der Waals surface area contributed by atoms with Crippen molar-refractivity contribution in [2.75, 3.05) is 16.8 Å². The van der Waals surface area contributed by atoms with E-state index in [1.165, 1.54) is 10.2 Å². The van der Waals surface area contributed by atoms with Crippen LogP contribution in [0.25, 0.3) is 5.95 Å². The molecule has 1 N–H and O–H groups in total. The van der Waals surface area contributed by atoms with Crippen LogP contribution in [-0.2, 0) is 21.4 Å². The third kappa shape index (κ3) is 4.39. The number of benzene rings is 1. The normalized spacial score (nSPS) is 16.4. The number of anilines is 2. The van der Waals surface area contributed by atoms with Gasteiger partial charge in [0.1, 0.15) is 5.82 Å². The second kappa shape index (κ2) is 8.53. The Morgan fingerprint density at radius 3 is 2.47 bits per heavy atom. The highest BCUT2D eigenvalue weighted by Gasteiger charge is 2.36. The Kier molecular flexibility index (Phi) is 5.78. The molecule has 0 bridgehead atoms. The number of nitrogens with one attached hydrogen (secondary N) is 1. The van der Waals surface area contributed by atoms with Crippen LogP contribution in [0.3, 0.4) is 0 Å². The molecule has 2 amide bonds. The standard InChI is InChI=1S/C24H28N6O2/c1-5-16-7-9-18(10-8-16)29-15-17(13-21(29)31)22(32)27-20-14-19(24(2,3)4)28-30(20)23-25-11-6-12-26-23/h6-12,14,17H,5,13,15H2,1-4H3,(H,27,32). The van der Waals surface area contributed by atoms with Gasteiger partial charge in [-0.1, -0.05) is 39.8 Å². The molecule has 1 saturated heterocycles. The third-order valence-corrected chi connectivity index (χ3v) is 5.62. The van der Waals surface area contributed by atoms with Crippen LogP contribution in [0, 0.1) is 5.92 Å². The topological polar surface area (TPSA) is 93.0 Å². The first kappa shape index (κ1) is 21.7. The highest BCUT2D eigenvalue weighted by Crippen LogP contribution is 2.28. The van der Waals surface area contributed by atoms with Gasteiger partial charge in [-0.15, -0.1) is 0 Å². The Balaban J connectivity index is 1.55. The molecule has 4 rings (SSSR count). The van der Waals surface area contributed by atoms with E-state index >= 15 is 0 Å². The third-order valence-electron chi connectivity index (χ3n) is 5.62. The highest BCUT2D eigenvalue weighted by molar-refractivity contribution is 6.03. The number of hydrogen-bond donors (Lipinski definition) is 1. The van der Waals surface area contributed by atoms with E-state index in [0.717, 1.165) is 17.8 Å². The molecule has 2 aromatic heterocycles. The maximum atomic E-state index is 13.1. The molecule has 1 aliphatic rings. The fraction of sp³-hybridized carbons (Fsp3) is 0.375. The monoisotopic (exact) mass is 432 g/mol. The first-order valence-electron chi connectivity index (χ1n) is 10.8. The van der Waals surface area contributed by atoms with E-state index in [4.69, 9.17) is 0 Å². The number of aryl methyl sites for hydroxylation is 1. The van der Waals surface area contributed by atoms with Gasteiger partial charge in [-0.3, -0.25) is 9.59 Å². The highest BCUT2D eigenvalue weighted by atomic mass is 16.2. The van der Waals surface area contributed by atoms with E-state index in [0.29, 0.717) is 18.3 Å². The second-order valence-corrected chi connectivity index (χ2v) is 9.04. The molecule has 8 nitrogen and oxygen atoms in total. The number of hydrogen-bond acceptors (Lipinski definition) is 5. The molecule has 0 saturated carbocycles. The lowest BCUT2D eigenvalue weighted by molar-refractivity contribution is -0.122. The number of rotatable bonds is 5. The Bertz CT molecular complexity index is 1120. The van der Waals surface area contributed by atoms with Crippen molar-refractivity contribution < 1.29 is 9.59 Å². The minimum Gasteiger partial charge on any atom is -0.312 e. The molecular formula is C24H28N6O2. The first-order chi connectivity index (χ1) is 15.3. The van der Waals surface area contributed by atoms with E-state index in [2.05, 4.69) is 48.1 Å². The van der Waals surface area contributed by atoms with Crippen molar-refractivity contribution in [3.8, 4) is 5.95 Å². The van der Waals surface area contributed by atoms with Gasteiger partial charge in [-0.25, -0.2) is 9.97 Å². The molecule has 1 unspecified atom stereocenters. The summed E-state index contributed by atoms with van der Waals surface area (Å²) in [6, 6.07) is 11.5. The van der Waals surface area contributed by atoms with Crippen LogP contribution >= 0.6 is 0 Å². The van der Waals surface area contributed by atoms with Gasteiger partial charge >= 0.3 is 0 Å². The van der Waals surface area contributed by atoms with Gasteiger partial charge in [0.15, 0.2) is 0 Å². The summed E-state index contributed by atoms with van der Waals surface area (Å²) >= 11 is 0. The maximum Gasteiger partial charge on any atom is 0.252 e. The van der Waals surface area contributed by atoms with Gasteiger partial charge < -0.3 is 10.2 Å². The van der Waals surface area contributed by atoms with Crippen molar-refractivity contribution in [1.29, 1.82) is 0 Å². The van der Waals surface area contributed by atoms with Gasteiger partial charge in [0.25, 0.3) is 5.95 Å². The molecule has 3 aromatic rings. The second-order valence-electron chi connectivity index (χ2n) is 9.04. The molecule has 1 aromatic carbocycles. The number of aromatic nitrogens is 4. The van der Waals surface area contributed by atoms with E-state index in [9.17, 15) is 9.59 Å². The number of carbonyl (C=O) groups excluding carboxylic acids is 2. The lowest BCUT2D eigenvalue weighted by Gasteiger charge is -2.17. The maximum absolute atomic E-state index is 13.1. The smallest absolute Gasteiger partial charge is 0.252 e. The fourth-order valence-electron chi connectivity index (χ4n) is 3.66. The molecular weight excluding hydrogens is 404 g/mol. The Labute approximate surface area is 187 Å². The fourth-order valence-corrected chi connectivity index (χ4v) is 3.66. The summed E-state index contributed by atoms with van der Waals surface area (Å²) in [6.07, 6.45) is 4.37. The van der Waals surface area contributed by atoms with Crippen LogP contribution in [-0.4, -0.2) is 38.1 Å². The Morgan fingerprint density at radius 1 is 1.16 bits per heavy atom. The average Bonchev–Trinajstić information content (AvgIpc) is 3.38. The zero-order chi connectivity index (χ0) is 22.9. The van der Waals surface area contributed by atoms with E-state index in [1.807, 2.05) is 30.3 Å². The summed E-state index contributed by atoms with van der Waals surface area (Å²) in [5.41, 5.74) is 2.62.